The van der Waals surface area contributed by atoms with E-state index in [0.717, 1.165) is 7.11 Å². The monoisotopic (exact) mass is 1150 g/mol. The second-order valence-electron chi connectivity index (χ2n) is 23.3. The summed E-state index contributed by atoms with van der Waals surface area (Å²) in [5, 5.41) is 148. The fraction of sp³-hybridized carbons (Fsp3) is 0.724. The van der Waals surface area contributed by atoms with Crippen molar-refractivity contribution in [1.82, 2.24) is 0 Å². The van der Waals surface area contributed by atoms with Gasteiger partial charge in [0.2, 0.25) is 5.79 Å². The van der Waals surface area contributed by atoms with E-state index in [4.69, 9.17) is 33.2 Å². The number of methoxy groups -OCH3 is 1. The molecule has 5 saturated heterocycles. The Morgan fingerprint density at radius 1 is 0.642 bits per heavy atom. The highest BCUT2D eigenvalue weighted by atomic mass is 16.8. The Morgan fingerprint density at radius 3 is 1.80 bits per heavy atom. The topological polar surface area (TPSA) is 378 Å². The Hall–Kier alpha value is -3.64. The molecule has 0 aromatic heterocycles. The largest absolute Gasteiger partial charge is 0.469 e. The van der Waals surface area contributed by atoms with Crippen LogP contribution in [0.2, 0.25) is 0 Å². The van der Waals surface area contributed by atoms with E-state index < -0.39 is 182 Å². The number of aliphatic hydroxyl groups excluding tert-OH is 9. The summed E-state index contributed by atoms with van der Waals surface area (Å²) in [7, 11) is 1.09. The van der Waals surface area contributed by atoms with Crippen molar-refractivity contribution in [2.24, 2.45) is 17.8 Å². The Morgan fingerprint density at radius 2 is 1.22 bits per heavy atom. The number of allylic oxidation sites excluding steroid dienone is 12. The molecule has 81 heavy (non-hydrogen) atoms. The van der Waals surface area contributed by atoms with Crippen LogP contribution in [0.25, 0.3) is 0 Å². The lowest BCUT2D eigenvalue weighted by atomic mass is 9.59. The van der Waals surface area contributed by atoms with Gasteiger partial charge in [-0.25, -0.2) is 0 Å². The first-order valence-corrected chi connectivity index (χ1v) is 28.0. The molecule has 460 valence electrons. The summed E-state index contributed by atoms with van der Waals surface area (Å²) in [6.45, 7) is 11.7. The second kappa shape index (κ2) is 28.5. The minimum atomic E-state index is -2.39. The zero-order valence-electron chi connectivity index (χ0n) is 47.9. The third-order valence-electron chi connectivity index (χ3n) is 17.1. The molecule has 0 saturated carbocycles. The molecule has 4 bridgehead atoms. The standard InChI is InChI=1S/C58H91NO22/c1-33-22-20-18-16-14-12-10-11-13-15-17-19-21-23-40(78-52-50(69)47(49(68)36(4)77-52)59-32-58(74)54(6,72)55(7)53(5,71)56(8,80-55)81-58)29-44-46(51(70)75-9)43(65)31-57(73,79-44)30-39(62)27-42(64)41(63)25-24-37(60)26-38(61)28-45(66)76-35(3)34(2)48(33)67/h10-23,33-44,46-50,52,59-65,67-69,71-74H,24-32H2,1-9H3/p+1/b11-10+,14-12+,15-13+,18-16+,19-17+,22-20+,23-21+/t33?,34?,35?,36?,37-,38-,39+,40?,41-,42-,43?,44+,46-,47?,48-,49?,50?,52?,53?,54?,55?,56?,57-,58?/m1/s1. The van der Waals surface area contributed by atoms with Crippen LogP contribution in [0.5, 0.6) is 0 Å². The van der Waals surface area contributed by atoms with Crippen molar-refractivity contribution in [3.8, 4) is 0 Å². The normalized spacial score (nSPS) is 49.6. The van der Waals surface area contributed by atoms with Crippen molar-refractivity contribution in [3.05, 3.63) is 85.1 Å². The molecule has 6 aliphatic rings. The molecule has 0 amide bonds. The van der Waals surface area contributed by atoms with Crippen molar-refractivity contribution in [1.29, 1.82) is 0 Å². The lowest BCUT2D eigenvalue weighted by Gasteiger charge is -2.74. The number of rotatable bonds is 6. The van der Waals surface area contributed by atoms with Gasteiger partial charge in [0.25, 0.3) is 5.79 Å². The van der Waals surface area contributed by atoms with Gasteiger partial charge in [0.1, 0.15) is 41.9 Å². The summed E-state index contributed by atoms with van der Waals surface area (Å²) in [4.78, 5) is 26.1. The summed E-state index contributed by atoms with van der Waals surface area (Å²) < 4.78 is 40.8. The molecule has 0 spiro atoms. The molecule has 24 atom stereocenters. The summed E-state index contributed by atoms with van der Waals surface area (Å²) in [5.41, 5.74) is -5.66. The Bertz CT molecular complexity index is 2270. The maximum atomic E-state index is 13.4. The van der Waals surface area contributed by atoms with E-state index in [2.05, 4.69) is 0 Å². The van der Waals surface area contributed by atoms with Gasteiger partial charge in [0.05, 0.1) is 74.6 Å². The van der Waals surface area contributed by atoms with E-state index >= 15 is 0 Å². The predicted molar refractivity (Wildman–Crippen MR) is 289 cm³/mol. The van der Waals surface area contributed by atoms with Crippen LogP contribution in [0.4, 0.5) is 0 Å². The van der Waals surface area contributed by atoms with Crippen LogP contribution in [0.3, 0.4) is 0 Å². The molecular weight excluding hydrogens is 1060 g/mol. The molecular formula is C58H92NO22+. The number of nitrogens with two attached hydrogens (primary N) is 1. The first-order chi connectivity index (χ1) is 37.8. The van der Waals surface area contributed by atoms with Gasteiger partial charge in [-0.2, -0.15) is 0 Å². The first kappa shape index (κ1) is 68.1. The molecule has 23 nitrogen and oxygen atoms in total. The van der Waals surface area contributed by atoms with E-state index in [9.17, 15) is 76.0 Å². The van der Waals surface area contributed by atoms with Crippen LogP contribution in [-0.4, -0.2) is 218 Å². The van der Waals surface area contributed by atoms with Gasteiger partial charge in [-0.3, -0.25) is 9.59 Å². The van der Waals surface area contributed by atoms with E-state index in [1.807, 2.05) is 13.0 Å². The van der Waals surface area contributed by atoms with Crippen molar-refractivity contribution in [2.75, 3.05) is 13.7 Å². The van der Waals surface area contributed by atoms with Crippen LogP contribution in [0.15, 0.2) is 85.1 Å². The molecule has 6 heterocycles. The van der Waals surface area contributed by atoms with Crippen LogP contribution in [0.1, 0.15) is 107 Å². The van der Waals surface area contributed by atoms with Gasteiger partial charge >= 0.3 is 11.9 Å². The van der Waals surface area contributed by atoms with Gasteiger partial charge in [-0.1, -0.05) is 98.9 Å². The number of hydrogen-bond acceptors (Lipinski definition) is 22. The smallest absolute Gasteiger partial charge is 0.313 e. The maximum absolute atomic E-state index is 13.4. The average Bonchev–Trinajstić information content (AvgIpc) is 3.42. The molecule has 6 aliphatic heterocycles. The summed E-state index contributed by atoms with van der Waals surface area (Å²) in [6, 6.07) is -1.21. The maximum Gasteiger partial charge on any atom is 0.313 e. The minimum Gasteiger partial charge on any atom is -0.469 e. The molecule has 0 aliphatic carbocycles. The molecule has 5 fully saturated rings. The van der Waals surface area contributed by atoms with E-state index in [1.165, 1.54) is 46.0 Å². The number of carbonyl (C=O) groups excluding carboxylic acids is 2. The third kappa shape index (κ3) is 16.2. The highest BCUT2D eigenvalue weighted by Crippen LogP contribution is 2.63. The minimum absolute atomic E-state index is 0.128. The fourth-order valence-electron chi connectivity index (χ4n) is 11.4. The van der Waals surface area contributed by atoms with E-state index in [0.29, 0.717) is 0 Å². The number of fused-ring (bicyclic) bond motifs is 4. The molecule has 15 N–H and O–H groups in total. The molecule has 0 aromatic carbocycles. The van der Waals surface area contributed by atoms with Gasteiger partial charge in [0.15, 0.2) is 23.8 Å². The second-order valence-corrected chi connectivity index (χ2v) is 23.3. The first-order valence-electron chi connectivity index (χ1n) is 28.0. The van der Waals surface area contributed by atoms with Crippen molar-refractivity contribution in [2.45, 2.75) is 233 Å². The summed E-state index contributed by atoms with van der Waals surface area (Å²) >= 11 is 0. The number of hydrogen-bond donors (Lipinski definition) is 14. The van der Waals surface area contributed by atoms with Crippen molar-refractivity contribution >= 4 is 11.9 Å². The number of quaternary nitrogens is 1. The van der Waals surface area contributed by atoms with Crippen LogP contribution < -0.4 is 5.32 Å². The number of ether oxygens (including phenoxy) is 7. The van der Waals surface area contributed by atoms with Gasteiger partial charge in [0, 0.05) is 37.5 Å². The zero-order chi connectivity index (χ0) is 60.5. The Labute approximate surface area is 474 Å². The molecule has 15 unspecified atom stereocenters. The van der Waals surface area contributed by atoms with Crippen LogP contribution in [-0.2, 0) is 42.7 Å². The van der Waals surface area contributed by atoms with E-state index in [1.54, 1.807) is 86.8 Å². The lowest BCUT2D eigenvalue weighted by Crippen LogP contribution is -3.04. The van der Waals surface area contributed by atoms with Crippen molar-refractivity contribution in [3.63, 3.8) is 0 Å². The highest BCUT2D eigenvalue weighted by Gasteiger charge is 2.86. The average molecular weight is 1160 g/mol. The van der Waals surface area contributed by atoms with Crippen LogP contribution in [0, 0.1) is 17.8 Å². The van der Waals surface area contributed by atoms with Crippen LogP contribution >= 0.6 is 0 Å². The Kier molecular flexibility index (Phi) is 24.0. The summed E-state index contributed by atoms with van der Waals surface area (Å²) in [5.74, 6) is -10.4. The molecule has 23 heteroatoms. The lowest BCUT2D eigenvalue weighted by molar-refractivity contribution is -0.745. The summed E-state index contributed by atoms with van der Waals surface area (Å²) in [6.07, 6.45) is 2.37. The van der Waals surface area contributed by atoms with Crippen molar-refractivity contribution < 1.29 is 114 Å². The third-order valence-corrected chi connectivity index (χ3v) is 17.1. The fourth-order valence-corrected chi connectivity index (χ4v) is 11.4. The zero-order valence-corrected chi connectivity index (χ0v) is 47.9. The predicted octanol–water partition coefficient (Wildman–Crippen LogP) is -0.869. The number of esters is 2. The molecule has 0 aromatic rings. The highest BCUT2D eigenvalue weighted by molar-refractivity contribution is 5.74. The number of aliphatic hydroxyl groups is 13. The molecule has 6 rings (SSSR count). The van der Waals surface area contributed by atoms with Gasteiger partial charge in [-0.05, 0) is 60.8 Å². The molecule has 0 radical (unpaired) electrons. The van der Waals surface area contributed by atoms with Gasteiger partial charge < -0.3 is 105 Å². The van der Waals surface area contributed by atoms with E-state index in [-0.39, 0.29) is 31.6 Å². The van der Waals surface area contributed by atoms with Gasteiger partial charge in [-0.15, -0.1) is 0 Å². The number of cyclic esters (lactones) is 1. The Balaban J connectivity index is 1.39. The quantitative estimate of drug-likeness (QED) is 0.144. The SMILES string of the molecule is COC(=O)[C@@H]1C(O)C[C@@]2(O)C[C@@H](O)C[C@@H](O)[C@H](O)CC[C@@H](O)C[C@@H](O)CC(=O)OC(C)C(C)[C@H](O)C(C)/C=C/C=C/C=C/C=C/C=C/C=C/C=C/C(OC3OC(C)C(O)C([NH2+]CC4(O)OC5(C)OC(C)(C4(C)O)C5(C)O)C3O)C[C@@H]1O2. The number of carbonyl (C=O) groups is 2.